The van der Waals surface area contributed by atoms with Crippen molar-refractivity contribution in [1.29, 1.82) is 0 Å². The fourth-order valence-electron chi connectivity index (χ4n) is 8.71. The summed E-state index contributed by atoms with van der Waals surface area (Å²) in [6.07, 6.45) is 11.1. The first-order valence-electron chi connectivity index (χ1n) is 19.7. The normalized spacial score (nSPS) is 19.5. The minimum absolute atomic E-state index is 0.211. The van der Waals surface area contributed by atoms with Gasteiger partial charge in [0.1, 0.15) is 17.3 Å². The van der Waals surface area contributed by atoms with Crippen LogP contribution < -0.4 is 10.1 Å². The molecule has 2 fully saturated rings. The predicted octanol–water partition coefficient (Wildman–Crippen LogP) is 8.06. The maximum atomic E-state index is 15.8. The third-order valence-corrected chi connectivity index (χ3v) is 12.0. The van der Waals surface area contributed by atoms with E-state index < -0.39 is 11.8 Å². The second-order valence-corrected chi connectivity index (χ2v) is 15.6. The number of methoxy groups -OCH3 is 1. The van der Waals surface area contributed by atoms with Crippen LogP contribution in [0.25, 0.3) is 23.0 Å². The first-order chi connectivity index (χ1) is 26.6. The van der Waals surface area contributed by atoms with E-state index in [0.29, 0.717) is 29.7 Å². The molecular weight excluding hydrogens is 696 g/mol. The summed E-state index contributed by atoms with van der Waals surface area (Å²) in [6.45, 7) is 9.32. The molecule has 0 spiro atoms. The Morgan fingerprint density at radius 2 is 1.71 bits per heavy atom. The zero-order valence-corrected chi connectivity index (χ0v) is 32.5. The van der Waals surface area contributed by atoms with Gasteiger partial charge in [0.25, 0.3) is 5.91 Å². The molecular formula is C44H53FN6O4. The van der Waals surface area contributed by atoms with Crippen LogP contribution >= 0.6 is 0 Å². The number of carbonyl (C=O) groups excluding carboxylic acids is 1. The topological polar surface area (TPSA) is 113 Å². The first kappa shape index (κ1) is 38.4. The highest BCUT2D eigenvalue weighted by molar-refractivity contribution is 6.03. The van der Waals surface area contributed by atoms with Gasteiger partial charge in [0.05, 0.1) is 18.7 Å². The molecule has 2 aliphatic heterocycles. The highest BCUT2D eigenvalue weighted by Crippen LogP contribution is 2.35. The van der Waals surface area contributed by atoms with E-state index in [0.717, 1.165) is 110 Å². The largest absolute Gasteiger partial charge is 0.496 e. The number of carbonyl (C=O) groups is 2. The van der Waals surface area contributed by atoms with E-state index in [1.54, 1.807) is 19.4 Å². The van der Waals surface area contributed by atoms with Gasteiger partial charge in [0.15, 0.2) is 5.82 Å². The SMILES string of the molecule is COc1cc(/C(F)=C/c2cccc(-c3cccc(NC(=O)c4nc5c(n4C)CCN(CC4CCC(C(=O)O)CC4)C5)c3C)c2C)ncc1CN1CCCCC1. The van der Waals surface area contributed by atoms with Crippen LogP contribution in [0.2, 0.25) is 0 Å². The molecule has 1 saturated carbocycles. The van der Waals surface area contributed by atoms with Crippen LogP contribution in [-0.2, 0) is 31.4 Å². The number of imidazole rings is 1. The quantitative estimate of drug-likeness (QED) is 0.159. The number of anilines is 1. The van der Waals surface area contributed by atoms with Crippen LogP contribution in [0.15, 0.2) is 48.7 Å². The average molecular weight is 749 g/mol. The molecule has 10 nitrogen and oxygen atoms in total. The second-order valence-electron chi connectivity index (χ2n) is 15.6. The summed E-state index contributed by atoms with van der Waals surface area (Å²) in [6, 6.07) is 13.4. The van der Waals surface area contributed by atoms with Crippen molar-refractivity contribution in [3.05, 3.63) is 93.8 Å². The van der Waals surface area contributed by atoms with Gasteiger partial charge in [-0.2, -0.15) is 0 Å². The smallest absolute Gasteiger partial charge is 0.306 e. The monoisotopic (exact) mass is 748 g/mol. The van der Waals surface area contributed by atoms with E-state index in [-0.39, 0.29) is 17.5 Å². The molecule has 0 radical (unpaired) electrons. The van der Waals surface area contributed by atoms with Gasteiger partial charge in [-0.3, -0.25) is 24.4 Å². The van der Waals surface area contributed by atoms with Crippen molar-refractivity contribution in [1.82, 2.24) is 24.3 Å². The average Bonchev–Trinajstić information content (AvgIpc) is 3.52. The number of carboxylic acids is 1. The standard InChI is InChI=1S/C44H53FN6O4/c1-28-32(22-36(45)38-23-41(55-4)33(24-46-38)26-50-19-6-5-7-20-50)10-8-11-34(28)35-12-9-13-37(29(35)2)48-43(52)42-47-39-27-51(21-18-40(39)49(42)3)25-30-14-16-31(17-15-30)44(53)54/h8-13,22-24,30-31H,5-7,14-21,25-27H2,1-4H3,(H,48,52)(H,53,54)/b36-22-. The molecule has 2 aromatic carbocycles. The number of halogens is 1. The van der Waals surface area contributed by atoms with Crippen molar-refractivity contribution in [3.8, 4) is 16.9 Å². The minimum atomic E-state index is -0.674. The van der Waals surface area contributed by atoms with E-state index in [2.05, 4.69) is 20.1 Å². The minimum Gasteiger partial charge on any atom is -0.496 e. The molecule has 7 rings (SSSR count). The number of benzene rings is 2. The van der Waals surface area contributed by atoms with Crippen molar-refractivity contribution in [2.75, 3.05) is 38.6 Å². The van der Waals surface area contributed by atoms with E-state index >= 15 is 4.39 Å². The molecule has 1 saturated heterocycles. The summed E-state index contributed by atoms with van der Waals surface area (Å²) >= 11 is 0. The molecule has 4 aromatic rings. The number of likely N-dealkylation sites (tertiary alicyclic amines) is 1. The lowest BCUT2D eigenvalue weighted by Gasteiger charge is -2.33. The molecule has 1 amide bonds. The Balaban J connectivity index is 1.04. The Kier molecular flexibility index (Phi) is 11.8. The lowest BCUT2D eigenvalue weighted by molar-refractivity contribution is -0.143. The highest BCUT2D eigenvalue weighted by Gasteiger charge is 2.30. The molecule has 3 aliphatic rings. The van der Waals surface area contributed by atoms with Gasteiger partial charge in [0.2, 0.25) is 0 Å². The summed E-state index contributed by atoms with van der Waals surface area (Å²) in [5.41, 5.74) is 8.33. The maximum absolute atomic E-state index is 15.8. The Labute approximate surface area is 323 Å². The van der Waals surface area contributed by atoms with E-state index in [1.165, 1.54) is 25.3 Å². The highest BCUT2D eigenvalue weighted by atomic mass is 19.1. The van der Waals surface area contributed by atoms with Crippen LogP contribution in [-0.4, -0.2) is 74.6 Å². The number of hydrogen-bond donors (Lipinski definition) is 2. The molecule has 1 aliphatic carbocycles. The van der Waals surface area contributed by atoms with Gasteiger partial charge in [-0.05, 0) is 111 Å². The number of ether oxygens (including phenoxy) is 1. The van der Waals surface area contributed by atoms with E-state index in [9.17, 15) is 14.7 Å². The fourth-order valence-corrected chi connectivity index (χ4v) is 8.71. The number of pyridine rings is 1. The summed E-state index contributed by atoms with van der Waals surface area (Å²) in [4.78, 5) is 39.2. The number of nitrogens with zero attached hydrogens (tertiary/aromatic N) is 5. The molecule has 0 unspecified atom stereocenters. The Hall–Kier alpha value is -4.87. The molecule has 2 N–H and O–H groups in total. The summed E-state index contributed by atoms with van der Waals surface area (Å²) < 4.78 is 23.4. The fraction of sp³-hybridized carbons (Fsp3) is 0.455. The van der Waals surface area contributed by atoms with E-state index in [1.807, 2.05) is 61.9 Å². The Morgan fingerprint density at radius 1 is 0.982 bits per heavy atom. The van der Waals surface area contributed by atoms with Crippen molar-refractivity contribution in [2.45, 2.75) is 78.3 Å². The summed E-state index contributed by atoms with van der Waals surface area (Å²) in [5.74, 6) is -0.0853. The number of amides is 1. The lowest BCUT2D eigenvalue weighted by Crippen LogP contribution is -2.36. The van der Waals surface area contributed by atoms with Crippen LogP contribution in [0, 0.1) is 25.7 Å². The number of hydrogen-bond acceptors (Lipinski definition) is 7. The summed E-state index contributed by atoms with van der Waals surface area (Å²) in [7, 11) is 3.52. The third kappa shape index (κ3) is 8.53. The van der Waals surface area contributed by atoms with Gasteiger partial charge in [-0.15, -0.1) is 0 Å². The molecule has 4 heterocycles. The lowest BCUT2D eigenvalue weighted by atomic mass is 9.81. The maximum Gasteiger partial charge on any atom is 0.306 e. The Bertz CT molecular complexity index is 2080. The van der Waals surface area contributed by atoms with Gasteiger partial charge in [-0.25, -0.2) is 9.37 Å². The van der Waals surface area contributed by atoms with Crippen molar-refractivity contribution in [2.24, 2.45) is 18.9 Å². The summed E-state index contributed by atoms with van der Waals surface area (Å²) in [5, 5.41) is 12.5. The van der Waals surface area contributed by atoms with Gasteiger partial charge >= 0.3 is 5.97 Å². The number of carboxylic acid groups (broad SMARTS) is 1. The Morgan fingerprint density at radius 3 is 2.44 bits per heavy atom. The zero-order chi connectivity index (χ0) is 38.6. The number of aromatic nitrogens is 3. The molecule has 0 atom stereocenters. The molecule has 55 heavy (non-hydrogen) atoms. The van der Waals surface area contributed by atoms with Crippen LogP contribution in [0.3, 0.4) is 0 Å². The second kappa shape index (κ2) is 16.9. The number of fused-ring (bicyclic) bond motifs is 1. The van der Waals surface area contributed by atoms with E-state index in [4.69, 9.17) is 9.72 Å². The molecule has 2 aromatic heterocycles. The number of nitrogens with one attached hydrogen (secondary N) is 1. The van der Waals surface area contributed by atoms with Crippen molar-refractivity contribution >= 4 is 29.5 Å². The third-order valence-electron chi connectivity index (χ3n) is 12.0. The number of rotatable bonds is 11. The molecule has 290 valence electrons. The van der Waals surface area contributed by atoms with Crippen LogP contribution in [0.4, 0.5) is 10.1 Å². The zero-order valence-electron chi connectivity index (χ0n) is 32.5. The molecule has 0 bridgehead atoms. The number of piperidine rings is 1. The number of aliphatic carboxylic acids is 1. The molecule has 11 heteroatoms. The van der Waals surface area contributed by atoms with Gasteiger partial charge in [0, 0.05) is 68.9 Å². The van der Waals surface area contributed by atoms with Gasteiger partial charge in [-0.1, -0.05) is 36.8 Å². The van der Waals surface area contributed by atoms with Gasteiger partial charge < -0.3 is 19.7 Å². The van der Waals surface area contributed by atoms with Crippen molar-refractivity contribution in [3.63, 3.8) is 0 Å². The first-order valence-corrected chi connectivity index (χ1v) is 19.7. The van der Waals surface area contributed by atoms with Crippen LogP contribution in [0.5, 0.6) is 5.75 Å². The van der Waals surface area contributed by atoms with Crippen LogP contribution in [0.1, 0.15) is 94.9 Å². The van der Waals surface area contributed by atoms with Crippen molar-refractivity contribution < 1.29 is 23.8 Å². The predicted molar refractivity (Wildman–Crippen MR) is 213 cm³/mol.